The minimum absolute atomic E-state index is 0.0652. The van der Waals surface area contributed by atoms with Crippen LogP contribution >= 0.6 is 0 Å². The van der Waals surface area contributed by atoms with Gasteiger partial charge in [-0.25, -0.2) is 4.39 Å². The van der Waals surface area contributed by atoms with Crippen molar-refractivity contribution in [2.45, 2.75) is 25.4 Å². The zero-order valence-electron chi connectivity index (χ0n) is 16.8. The zero-order valence-corrected chi connectivity index (χ0v) is 16.8. The number of carbonyl (C=O) groups excluding carboxylic acids is 1. The van der Waals surface area contributed by atoms with Crippen LogP contribution in [-0.2, 0) is 11.4 Å². The highest BCUT2D eigenvalue weighted by molar-refractivity contribution is 5.99. The van der Waals surface area contributed by atoms with Gasteiger partial charge in [0.05, 0.1) is 7.11 Å². The molecule has 4 rings (SSSR count). The standard InChI is InChI=1S/C26H23FO3/c1-29-24-10-7-19(8-11-24)20-13-21(15-23(28)14-20)25-12-9-22(27)16-26(25)30-17-18-5-3-2-4-6-18/h2-12,15-16,20H,13-14,17H2,1H3. The highest BCUT2D eigenvalue weighted by atomic mass is 19.1. The molecule has 0 spiro atoms. The van der Waals surface area contributed by atoms with Gasteiger partial charge in [0.15, 0.2) is 5.78 Å². The number of benzene rings is 3. The van der Waals surface area contributed by atoms with Gasteiger partial charge < -0.3 is 9.47 Å². The van der Waals surface area contributed by atoms with Gasteiger partial charge in [0.2, 0.25) is 0 Å². The second-order valence-electron chi connectivity index (χ2n) is 7.43. The normalized spacial score (nSPS) is 16.1. The van der Waals surface area contributed by atoms with Crippen LogP contribution in [-0.4, -0.2) is 12.9 Å². The van der Waals surface area contributed by atoms with E-state index in [0.717, 1.165) is 28.0 Å². The number of rotatable bonds is 6. The first kappa shape index (κ1) is 19.9. The van der Waals surface area contributed by atoms with E-state index in [-0.39, 0.29) is 17.5 Å². The number of hydrogen-bond acceptors (Lipinski definition) is 3. The van der Waals surface area contributed by atoms with Crippen LogP contribution in [0.5, 0.6) is 11.5 Å². The van der Waals surface area contributed by atoms with Crippen LogP contribution < -0.4 is 9.47 Å². The predicted molar refractivity (Wildman–Crippen MR) is 115 cm³/mol. The van der Waals surface area contributed by atoms with Crippen molar-refractivity contribution in [1.82, 2.24) is 0 Å². The second kappa shape index (κ2) is 8.95. The van der Waals surface area contributed by atoms with Gasteiger partial charge in [-0.3, -0.25) is 4.79 Å². The van der Waals surface area contributed by atoms with Crippen molar-refractivity contribution in [1.29, 1.82) is 0 Å². The van der Waals surface area contributed by atoms with E-state index in [1.165, 1.54) is 12.1 Å². The summed E-state index contributed by atoms with van der Waals surface area (Å²) in [6.45, 7) is 0.334. The van der Waals surface area contributed by atoms with Crippen molar-refractivity contribution in [2.75, 3.05) is 7.11 Å². The molecule has 4 heteroatoms. The molecule has 0 fully saturated rings. The number of hydrogen-bond donors (Lipinski definition) is 0. The lowest BCUT2D eigenvalue weighted by atomic mass is 9.81. The molecule has 0 saturated heterocycles. The van der Waals surface area contributed by atoms with E-state index in [4.69, 9.17) is 9.47 Å². The lowest BCUT2D eigenvalue weighted by molar-refractivity contribution is -0.115. The second-order valence-corrected chi connectivity index (χ2v) is 7.43. The Morgan fingerprint density at radius 2 is 1.73 bits per heavy atom. The minimum Gasteiger partial charge on any atom is -0.497 e. The fraction of sp³-hybridized carbons (Fsp3) is 0.192. The zero-order chi connectivity index (χ0) is 20.9. The highest BCUT2D eigenvalue weighted by Gasteiger charge is 2.25. The smallest absolute Gasteiger partial charge is 0.156 e. The molecule has 30 heavy (non-hydrogen) atoms. The largest absolute Gasteiger partial charge is 0.497 e. The van der Waals surface area contributed by atoms with Crippen molar-refractivity contribution >= 4 is 11.4 Å². The van der Waals surface area contributed by atoms with Gasteiger partial charge in [-0.1, -0.05) is 42.5 Å². The molecule has 0 heterocycles. The van der Waals surface area contributed by atoms with Gasteiger partial charge >= 0.3 is 0 Å². The predicted octanol–water partition coefficient (Wildman–Crippen LogP) is 5.94. The summed E-state index contributed by atoms with van der Waals surface area (Å²) in [5.41, 5.74) is 3.72. The van der Waals surface area contributed by atoms with Crippen LogP contribution in [0, 0.1) is 5.82 Å². The first-order valence-corrected chi connectivity index (χ1v) is 9.96. The number of carbonyl (C=O) groups is 1. The molecule has 1 unspecified atom stereocenters. The van der Waals surface area contributed by atoms with Crippen LogP contribution in [0.4, 0.5) is 4.39 Å². The fourth-order valence-corrected chi connectivity index (χ4v) is 3.81. The van der Waals surface area contributed by atoms with E-state index < -0.39 is 0 Å². The Kier molecular flexibility index (Phi) is 5.94. The molecule has 0 aliphatic heterocycles. The Labute approximate surface area is 175 Å². The van der Waals surface area contributed by atoms with E-state index in [1.54, 1.807) is 19.3 Å². The molecule has 152 valence electrons. The average Bonchev–Trinajstić information content (AvgIpc) is 2.78. The minimum atomic E-state index is -0.365. The Hall–Kier alpha value is -3.40. The van der Waals surface area contributed by atoms with Crippen molar-refractivity contribution in [3.8, 4) is 11.5 Å². The number of methoxy groups -OCH3 is 1. The molecule has 0 radical (unpaired) electrons. The third-order valence-corrected chi connectivity index (χ3v) is 5.36. The van der Waals surface area contributed by atoms with Crippen LogP contribution in [0.2, 0.25) is 0 Å². The van der Waals surface area contributed by atoms with E-state index in [2.05, 4.69) is 0 Å². The van der Waals surface area contributed by atoms with Gasteiger partial charge in [0, 0.05) is 18.1 Å². The summed E-state index contributed by atoms with van der Waals surface area (Å²) in [4.78, 5) is 12.5. The maximum Gasteiger partial charge on any atom is 0.156 e. The van der Waals surface area contributed by atoms with E-state index >= 15 is 0 Å². The molecule has 0 saturated carbocycles. The van der Waals surface area contributed by atoms with Crippen molar-refractivity contribution in [3.63, 3.8) is 0 Å². The monoisotopic (exact) mass is 402 g/mol. The maximum atomic E-state index is 14.0. The third-order valence-electron chi connectivity index (χ3n) is 5.36. The summed E-state index contributed by atoms with van der Waals surface area (Å²) in [7, 11) is 1.63. The van der Waals surface area contributed by atoms with Crippen LogP contribution in [0.25, 0.3) is 5.57 Å². The Bertz CT molecular complexity index is 1060. The molecule has 1 atom stereocenters. The lowest BCUT2D eigenvalue weighted by Crippen LogP contribution is -2.13. The summed E-state index contributed by atoms with van der Waals surface area (Å²) >= 11 is 0. The van der Waals surface area contributed by atoms with Crippen molar-refractivity contribution < 1.29 is 18.7 Å². The van der Waals surface area contributed by atoms with Gasteiger partial charge in [-0.15, -0.1) is 0 Å². The van der Waals surface area contributed by atoms with E-state index in [9.17, 15) is 9.18 Å². The topological polar surface area (TPSA) is 35.5 Å². The number of ketones is 1. The molecule has 1 aliphatic rings. The van der Waals surface area contributed by atoms with Gasteiger partial charge in [0.25, 0.3) is 0 Å². The molecule has 0 bridgehead atoms. The Morgan fingerprint density at radius 1 is 0.967 bits per heavy atom. The van der Waals surface area contributed by atoms with Gasteiger partial charge in [-0.2, -0.15) is 0 Å². The van der Waals surface area contributed by atoms with Crippen LogP contribution in [0.15, 0.2) is 78.9 Å². The summed E-state index contributed by atoms with van der Waals surface area (Å²) in [6, 6.07) is 22.0. The molecule has 3 aromatic rings. The molecule has 3 aromatic carbocycles. The van der Waals surface area contributed by atoms with Gasteiger partial charge in [-0.05, 0) is 59.4 Å². The molecule has 1 aliphatic carbocycles. The van der Waals surface area contributed by atoms with Crippen molar-refractivity contribution in [3.05, 3.63) is 101 Å². The van der Waals surface area contributed by atoms with Crippen LogP contribution in [0.3, 0.4) is 0 Å². The number of allylic oxidation sites excluding steroid dienone is 2. The molecule has 0 amide bonds. The number of ether oxygens (including phenoxy) is 2. The maximum absolute atomic E-state index is 14.0. The van der Waals surface area contributed by atoms with E-state index in [1.807, 2.05) is 54.6 Å². The summed E-state index contributed by atoms with van der Waals surface area (Å²) in [6.07, 6.45) is 2.81. The average molecular weight is 402 g/mol. The van der Waals surface area contributed by atoms with Gasteiger partial charge in [0.1, 0.15) is 23.9 Å². The number of halogens is 1. The Morgan fingerprint density at radius 3 is 2.47 bits per heavy atom. The summed E-state index contributed by atoms with van der Waals surface area (Å²) < 4.78 is 25.1. The quantitative estimate of drug-likeness (QED) is 0.512. The molecular weight excluding hydrogens is 379 g/mol. The lowest BCUT2D eigenvalue weighted by Gasteiger charge is -2.24. The molecule has 0 N–H and O–H groups in total. The third kappa shape index (κ3) is 4.60. The first-order valence-electron chi connectivity index (χ1n) is 9.96. The summed E-state index contributed by atoms with van der Waals surface area (Å²) in [5.74, 6) is 1.00. The summed E-state index contributed by atoms with van der Waals surface area (Å²) in [5, 5.41) is 0. The van der Waals surface area contributed by atoms with E-state index in [0.29, 0.717) is 25.2 Å². The molecule has 0 aromatic heterocycles. The molecule has 3 nitrogen and oxygen atoms in total. The highest BCUT2D eigenvalue weighted by Crippen LogP contribution is 2.39. The molecular formula is C26H23FO3. The first-order chi connectivity index (χ1) is 14.6. The Balaban J connectivity index is 1.59. The van der Waals surface area contributed by atoms with Crippen molar-refractivity contribution in [2.24, 2.45) is 0 Å². The fourth-order valence-electron chi connectivity index (χ4n) is 3.81. The van der Waals surface area contributed by atoms with Crippen LogP contribution in [0.1, 0.15) is 35.4 Å². The SMILES string of the molecule is COc1ccc(C2CC(=O)C=C(c3ccc(F)cc3OCc3ccccc3)C2)cc1.